The molecule has 1 unspecified atom stereocenters. The predicted molar refractivity (Wildman–Crippen MR) is 94.4 cm³/mol. The first-order chi connectivity index (χ1) is 9.87. The Hall–Kier alpha value is -1.04. The Bertz CT molecular complexity index is 571. The number of rotatable bonds is 3. The Kier molecular flexibility index (Phi) is 5.30. The van der Waals surface area contributed by atoms with Gasteiger partial charge in [0.05, 0.1) is 0 Å². The fourth-order valence-corrected chi connectivity index (χ4v) is 3.09. The summed E-state index contributed by atoms with van der Waals surface area (Å²) in [5.41, 5.74) is 2.97. The van der Waals surface area contributed by atoms with Gasteiger partial charge in [0.1, 0.15) is 0 Å². The van der Waals surface area contributed by atoms with Crippen LogP contribution in [0.25, 0.3) is 0 Å². The van der Waals surface area contributed by atoms with Crippen LogP contribution in [0.3, 0.4) is 0 Å². The Morgan fingerprint density at radius 2 is 2.10 bits per heavy atom. The molecule has 21 heavy (non-hydrogen) atoms. The number of nitrogens with zero attached hydrogens (tertiary/aromatic N) is 1. The predicted octanol–water partition coefficient (Wildman–Crippen LogP) is 4.93. The van der Waals surface area contributed by atoms with Crippen molar-refractivity contribution in [2.75, 3.05) is 13.1 Å². The highest BCUT2D eigenvalue weighted by Gasteiger charge is 2.26. The summed E-state index contributed by atoms with van der Waals surface area (Å²) in [4.78, 5) is 2.48. The second-order valence-electron chi connectivity index (χ2n) is 6.71. The molecule has 0 amide bonds. The van der Waals surface area contributed by atoms with Crippen LogP contribution in [0.2, 0.25) is 0 Å². The van der Waals surface area contributed by atoms with Crippen molar-refractivity contribution < 1.29 is 0 Å². The zero-order valence-corrected chi connectivity index (χ0v) is 14.8. The quantitative estimate of drug-likeness (QED) is 0.701. The van der Waals surface area contributed by atoms with Crippen molar-refractivity contribution in [2.24, 2.45) is 5.41 Å². The van der Waals surface area contributed by atoms with Gasteiger partial charge in [-0.15, -0.1) is 5.92 Å². The summed E-state index contributed by atoms with van der Waals surface area (Å²) in [5.74, 6) is 6.77. The molecule has 1 aliphatic rings. The van der Waals surface area contributed by atoms with Gasteiger partial charge in [-0.2, -0.15) is 0 Å². The van der Waals surface area contributed by atoms with E-state index in [9.17, 15) is 0 Å². The van der Waals surface area contributed by atoms with E-state index in [-0.39, 0.29) is 5.41 Å². The average molecular weight is 346 g/mol. The second-order valence-corrected chi connectivity index (χ2v) is 7.83. The van der Waals surface area contributed by atoms with E-state index < -0.39 is 0 Å². The van der Waals surface area contributed by atoms with E-state index in [1.807, 2.05) is 0 Å². The molecule has 0 radical (unpaired) electrons. The van der Waals surface area contributed by atoms with E-state index in [1.54, 1.807) is 0 Å². The van der Waals surface area contributed by atoms with Crippen molar-refractivity contribution >= 4 is 15.9 Å². The fraction of sp³-hybridized carbons (Fsp3) is 0.474. The van der Waals surface area contributed by atoms with Gasteiger partial charge in [0.2, 0.25) is 0 Å². The molecule has 0 bridgehead atoms. The lowest BCUT2D eigenvalue weighted by Crippen LogP contribution is -2.36. The monoisotopic (exact) mass is 345 g/mol. The summed E-state index contributed by atoms with van der Waals surface area (Å²) >= 11 is 3.51. The van der Waals surface area contributed by atoms with Gasteiger partial charge in [-0.1, -0.05) is 52.7 Å². The first kappa shape index (κ1) is 16.3. The van der Waals surface area contributed by atoms with Crippen LogP contribution in [0, 0.1) is 17.3 Å². The van der Waals surface area contributed by atoms with Gasteiger partial charge in [0, 0.05) is 35.4 Å². The standard InChI is InChI=1S/C19H24BrN/c1-15(20)14-21-13-11-16-8-5-6-9-17(16)18(21)10-7-12-19(2,3)4/h5-6,8-9,18H,1,10-11,13-14H2,2-4H3. The van der Waals surface area contributed by atoms with Crippen LogP contribution < -0.4 is 0 Å². The topological polar surface area (TPSA) is 3.24 Å². The van der Waals surface area contributed by atoms with Crippen LogP contribution >= 0.6 is 15.9 Å². The SMILES string of the molecule is C=C(Br)CN1CCc2ccccc2C1CC#CC(C)(C)C. The molecule has 0 saturated carbocycles. The number of hydrogen-bond donors (Lipinski definition) is 0. The molecule has 0 saturated heterocycles. The van der Waals surface area contributed by atoms with Crippen molar-refractivity contribution in [2.45, 2.75) is 39.7 Å². The lowest BCUT2D eigenvalue weighted by atomic mass is 9.90. The molecule has 1 aromatic carbocycles. The summed E-state index contributed by atoms with van der Waals surface area (Å²) in [7, 11) is 0. The molecule has 1 heterocycles. The molecule has 2 rings (SSSR count). The minimum absolute atomic E-state index is 0.0675. The highest BCUT2D eigenvalue weighted by Crippen LogP contribution is 2.32. The molecule has 0 fully saturated rings. The molecule has 0 aliphatic carbocycles. The Labute approximate surface area is 137 Å². The van der Waals surface area contributed by atoms with Crippen LogP contribution in [0.15, 0.2) is 35.3 Å². The maximum Gasteiger partial charge on any atom is 0.0463 e. The Balaban J connectivity index is 2.25. The van der Waals surface area contributed by atoms with Crippen molar-refractivity contribution in [3.63, 3.8) is 0 Å². The van der Waals surface area contributed by atoms with Crippen LogP contribution in [0.1, 0.15) is 44.4 Å². The number of hydrogen-bond acceptors (Lipinski definition) is 1. The van der Waals surface area contributed by atoms with Crippen LogP contribution in [-0.2, 0) is 6.42 Å². The summed E-state index contributed by atoms with van der Waals surface area (Å²) < 4.78 is 1.04. The summed E-state index contributed by atoms with van der Waals surface area (Å²) in [6, 6.07) is 9.15. The van der Waals surface area contributed by atoms with Gasteiger partial charge in [-0.05, 0) is 38.3 Å². The maximum atomic E-state index is 4.00. The van der Waals surface area contributed by atoms with E-state index in [4.69, 9.17) is 0 Å². The van der Waals surface area contributed by atoms with Gasteiger partial charge in [-0.25, -0.2) is 0 Å². The largest absolute Gasteiger partial charge is 0.290 e. The molecular formula is C19H24BrN. The molecule has 1 aromatic rings. The third-order valence-electron chi connectivity index (χ3n) is 3.66. The van der Waals surface area contributed by atoms with Gasteiger partial charge in [0.25, 0.3) is 0 Å². The van der Waals surface area contributed by atoms with Gasteiger partial charge >= 0.3 is 0 Å². The van der Waals surface area contributed by atoms with E-state index >= 15 is 0 Å². The molecule has 0 spiro atoms. The minimum atomic E-state index is 0.0675. The van der Waals surface area contributed by atoms with Crippen molar-refractivity contribution in [1.29, 1.82) is 0 Å². The first-order valence-corrected chi connectivity index (χ1v) is 8.31. The molecule has 2 heteroatoms. The van der Waals surface area contributed by atoms with E-state index in [0.717, 1.165) is 30.4 Å². The van der Waals surface area contributed by atoms with E-state index in [1.165, 1.54) is 11.1 Å². The Morgan fingerprint density at radius 1 is 1.38 bits per heavy atom. The third kappa shape index (κ3) is 4.73. The molecule has 112 valence electrons. The molecule has 1 nitrogen and oxygen atoms in total. The van der Waals surface area contributed by atoms with Gasteiger partial charge in [0.15, 0.2) is 0 Å². The first-order valence-electron chi connectivity index (χ1n) is 7.52. The van der Waals surface area contributed by atoms with Crippen LogP contribution in [-0.4, -0.2) is 18.0 Å². The number of fused-ring (bicyclic) bond motifs is 1. The van der Waals surface area contributed by atoms with Crippen molar-refractivity contribution in [3.05, 3.63) is 46.5 Å². The molecule has 0 aromatic heterocycles. The molecule has 1 atom stereocenters. The van der Waals surface area contributed by atoms with E-state index in [0.29, 0.717) is 6.04 Å². The normalized spacial score (nSPS) is 18.6. The lowest BCUT2D eigenvalue weighted by molar-refractivity contribution is 0.208. The van der Waals surface area contributed by atoms with Crippen molar-refractivity contribution in [3.8, 4) is 11.8 Å². The lowest BCUT2D eigenvalue weighted by Gasteiger charge is -2.36. The van der Waals surface area contributed by atoms with E-state index in [2.05, 4.69) is 84.3 Å². The number of benzene rings is 1. The van der Waals surface area contributed by atoms with Crippen molar-refractivity contribution in [1.82, 2.24) is 4.90 Å². The zero-order chi connectivity index (χ0) is 15.5. The highest BCUT2D eigenvalue weighted by atomic mass is 79.9. The van der Waals surface area contributed by atoms with Crippen LogP contribution in [0.5, 0.6) is 0 Å². The number of halogens is 1. The van der Waals surface area contributed by atoms with Gasteiger partial charge in [-0.3, -0.25) is 4.90 Å². The molecular weight excluding hydrogens is 322 g/mol. The molecule has 1 aliphatic heterocycles. The fourth-order valence-electron chi connectivity index (χ4n) is 2.77. The van der Waals surface area contributed by atoms with Gasteiger partial charge < -0.3 is 0 Å². The second kappa shape index (κ2) is 6.81. The smallest absolute Gasteiger partial charge is 0.0463 e. The average Bonchev–Trinajstić information content (AvgIpc) is 2.39. The third-order valence-corrected chi connectivity index (χ3v) is 3.91. The summed E-state index contributed by atoms with van der Waals surface area (Å²) in [6.45, 7) is 12.4. The summed E-state index contributed by atoms with van der Waals surface area (Å²) in [6.07, 6.45) is 1.99. The molecule has 0 N–H and O–H groups in total. The summed E-state index contributed by atoms with van der Waals surface area (Å²) in [5, 5.41) is 0. The maximum absolute atomic E-state index is 4.00. The van der Waals surface area contributed by atoms with Crippen LogP contribution in [0.4, 0.5) is 0 Å². The minimum Gasteiger partial charge on any atom is -0.290 e. The Morgan fingerprint density at radius 3 is 2.76 bits per heavy atom. The zero-order valence-electron chi connectivity index (χ0n) is 13.2. The highest BCUT2D eigenvalue weighted by molar-refractivity contribution is 9.11.